The molecule has 0 saturated carbocycles. The minimum Gasteiger partial charge on any atom is -0.497 e. The summed E-state index contributed by atoms with van der Waals surface area (Å²) in [6, 6.07) is 9.67. The number of hydrogen-bond donors (Lipinski definition) is 0. The van der Waals surface area contributed by atoms with Crippen molar-refractivity contribution in [2.75, 3.05) is 45.3 Å². The van der Waals surface area contributed by atoms with Gasteiger partial charge in [0.25, 0.3) is 5.91 Å². The van der Waals surface area contributed by atoms with E-state index in [4.69, 9.17) is 14.5 Å². The first-order valence-corrected chi connectivity index (χ1v) is 10.5. The Balaban J connectivity index is 1.48. The first-order chi connectivity index (χ1) is 14.0. The summed E-state index contributed by atoms with van der Waals surface area (Å²) in [7, 11) is 3.17. The highest BCUT2D eigenvalue weighted by Gasteiger charge is 2.26. The molecule has 0 bridgehead atoms. The van der Waals surface area contributed by atoms with Crippen LogP contribution in [0.3, 0.4) is 0 Å². The van der Waals surface area contributed by atoms with Gasteiger partial charge >= 0.3 is 0 Å². The van der Waals surface area contributed by atoms with Gasteiger partial charge in [0.05, 0.1) is 30.0 Å². The van der Waals surface area contributed by atoms with Gasteiger partial charge in [-0.05, 0) is 43.2 Å². The normalized spacial score (nSPS) is 14.3. The van der Waals surface area contributed by atoms with Crippen molar-refractivity contribution in [1.82, 2.24) is 9.88 Å². The van der Waals surface area contributed by atoms with E-state index < -0.39 is 0 Å². The molecule has 1 aromatic heterocycles. The number of carbonyl (C=O) groups excluding carboxylic acids is 1. The van der Waals surface area contributed by atoms with Crippen LogP contribution < -0.4 is 14.4 Å². The molecule has 4 rings (SSSR count). The van der Waals surface area contributed by atoms with Crippen LogP contribution >= 0.6 is 11.3 Å². The second-order valence-electron chi connectivity index (χ2n) is 7.27. The molecule has 0 radical (unpaired) electrons. The number of nitrogens with zero attached hydrogens (tertiary/aromatic N) is 3. The van der Waals surface area contributed by atoms with Crippen molar-refractivity contribution in [1.29, 1.82) is 0 Å². The largest absolute Gasteiger partial charge is 0.497 e. The molecule has 1 aliphatic rings. The van der Waals surface area contributed by atoms with Crippen LogP contribution in [0.15, 0.2) is 30.3 Å². The van der Waals surface area contributed by atoms with E-state index in [1.165, 1.54) is 15.8 Å². The van der Waals surface area contributed by atoms with E-state index in [0.717, 1.165) is 23.7 Å². The zero-order valence-corrected chi connectivity index (χ0v) is 18.0. The third kappa shape index (κ3) is 3.74. The number of benzene rings is 2. The highest BCUT2D eigenvalue weighted by molar-refractivity contribution is 7.22. The van der Waals surface area contributed by atoms with Crippen molar-refractivity contribution in [3.63, 3.8) is 0 Å². The maximum Gasteiger partial charge on any atom is 0.257 e. The monoisotopic (exact) mass is 411 g/mol. The predicted octanol–water partition coefficient (Wildman–Crippen LogP) is 3.89. The van der Waals surface area contributed by atoms with Gasteiger partial charge in [0.1, 0.15) is 11.5 Å². The van der Waals surface area contributed by atoms with E-state index in [-0.39, 0.29) is 5.91 Å². The first-order valence-electron chi connectivity index (χ1n) is 9.64. The number of hydrogen-bond acceptors (Lipinski definition) is 6. The van der Waals surface area contributed by atoms with Crippen LogP contribution in [0.25, 0.3) is 10.2 Å². The Hall–Kier alpha value is -2.80. The molecule has 152 valence electrons. The lowest BCUT2D eigenvalue weighted by atomic mass is 10.1. The smallest absolute Gasteiger partial charge is 0.257 e. The second kappa shape index (κ2) is 7.91. The van der Waals surface area contributed by atoms with Gasteiger partial charge in [-0.2, -0.15) is 0 Å². The topological polar surface area (TPSA) is 54.9 Å². The van der Waals surface area contributed by atoms with Crippen molar-refractivity contribution in [2.24, 2.45) is 0 Å². The lowest BCUT2D eigenvalue weighted by molar-refractivity contribution is 0.0743. The summed E-state index contributed by atoms with van der Waals surface area (Å²) in [5.41, 5.74) is 4.11. The van der Waals surface area contributed by atoms with Crippen molar-refractivity contribution in [2.45, 2.75) is 13.8 Å². The highest BCUT2D eigenvalue weighted by Crippen LogP contribution is 2.32. The minimum atomic E-state index is -0.0140. The summed E-state index contributed by atoms with van der Waals surface area (Å²) in [5.74, 6) is 1.19. The SMILES string of the molecule is COc1ccc(C(=O)N2CCN(c3nc4c(C)cc(C)cc4s3)CC2)c(OC)c1. The number of carbonyl (C=O) groups is 1. The van der Waals surface area contributed by atoms with Crippen LogP contribution in [-0.4, -0.2) is 56.2 Å². The zero-order chi connectivity index (χ0) is 20.5. The summed E-state index contributed by atoms with van der Waals surface area (Å²) in [5, 5.41) is 1.03. The quantitative estimate of drug-likeness (QED) is 0.652. The molecule has 7 heteroatoms. The molecule has 2 aromatic carbocycles. The van der Waals surface area contributed by atoms with Crippen LogP contribution in [0.4, 0.5) is 5.13 Å². The van der Waals surface area contributed by atoms with Crippen LogP contribution in [-0.2, 0) is 0 Å². The third-order valence-corrected chi connectivity index (χ3v) is 6.36. The molecule has 3 aromatic rings. The van der Waals surface area contributed by atoms with Gasteiger partial charge < -0.3 is 19.3 Å². The molecule has 0 unspecified atom stereocenters. The number of thiazole rings is 1. The van der Waals surface area contributed by atoms with E-state index >= 15 is 0 Å². The van der Waals surface area contributed by atoms with Crippen molar-refractivity contribution in [3.8, 4) is 11.5 Å². The maximum absolute atomic E-state index is 13.0. The van der Waals surface area contributed by atoms with Gasteiger partial charge in [-0.3, -0.25) is 4.79 Å². The average molecular weight is 412 g/mol. The molecule has 1 fully saturated rings. The van der Waals surface area contributed by atoms with Crippen molar-refractivity contribution in [3.05, 3.63) is 47.0 Å². The third-order valence-electron chi connectivity index (χ3n) is 5.30. The molecule has 0 N–H and O–H groups in total. The van der Waals surface area contributed by atoms with Gasteiger partial charge in [-0.25, -0.2) is 4.98 Å². The lowest BCUT2D eigenvalue weighted by Crippen LogP contribution is -2.48. The van der Waals surface area contributed by atoms with E-state index in [2.05, 4.69) is 30.9 Å². The Bertz CT molecular complexity index is 1050. The summed E-state index contributed by atoms with van der Waals surface area (Å²) in [4.78, 5) is 22.0. The molecule has 1 amide bonds. The fraction of sp³-hybridized carbons (Fsp3) is 0.364. The number of aromatic nitrogens is 1. The molecule has 0 atom stereocenters. The van der Waals surface area contributed by atoms with Crippen molar-refractivity contribution >= 4 is 32.6 Å². The van der Waals surface area contributed by atoms with Gasteiger partial charge in [0.15, 0.2) is 5.13 Å². The average Bonchev–Trinajstić information content (AvgIpc) is 3.17. The predicted molar refractivity (Wildman–Crippen MR) is 117 cm³/mol. The molecule has 6 nitrogen and oxygen atoms in total. The summed E-state index contributed by atoms with van der Waals surface area (Å²) >= 11 is 1.73. The lowest BCUT2D eigenvalue weighted by Gasteiger charge is -2.34. The van der Waals surface area contributed by atoms with E-state index in [1.54, 1.807) is 43.8 Å². The summed E-state index contributed by atoms with van der Waals surface area (Å²) < 4.78 is 11.8. The van der Waals surface area contributed by atoms with Crippen molar-refractivity contribution < 1.29 is 14.3 Å². The number of ether oxygens (including phenoxy) is 2. The fourth-order valence-corrected chi connectivity index (χ4v) is 4.93. The van der Waals surface area contributed by atoms with Crippen LogP contribution in [0.1, 0.15) is 21.5 Å². The molecule has 0 spiro atoms. The summed E-state index contributed by atoms with van der Waals surface area (Å²) in [6.45, 7) is 7.06. The molecular formula is C22H25N3O3S. The van der Waals surface area contributed by atoms with E-state index in [1.807, 2.05) is 4.90 Å². The number of fused-ring (bicyclic) bond motifs is 1. The minimum absolute atomic E-state index is 0.0140. The summed E-state index contributed by atoms with van der Waals surface area (Å²) in [6.07, 6.45) is 0. The second-order valence-corrected chi connectivity index (χ2v) is 8.28. The maximum atomic E-state index is 13.0. The first kappa shape index (κ1) is 19.5. The Kier molecular flexibility index (Phi) is 5.32. The molecule has 1 saturated heterocycles. The fourth-order valence-electron chi connectivity index (χ4n) is 3.74. The van der Waals surface area contributed by atoms with E-state index in [9.17, 15) is 4.79 Å². The Morgan fingerprint density at radius 3 is 2.48 bits per heavy atom. The zero-order valence-electron chi connectivity index (χ0n) is 17.2. The van der Waals surface area contributed by atoms with E-state index in [0.29, 0.717) is 30.2 Å². The Labute approximate surface area is 174 Å². The molecule has 1 aliphatic heterocycles. The van der Waals surface area contributed by atoms with Crippen LogP contribution in [0.5, 0.6) is 11.5 Å². The highest BCUT2D eigenvalue weighted by atomic mass is 32.1. The standard InChI is InChI=1S/C22H25N3O3S/c1-14-11-15(2)20-19(12-14)29-22(23-20)25-9-7-24(8-10-25)21(26)17-6-5-16(27-3)13-18(17)28-4/h5-6,11-13H,7-10H2,1-4H3. The number of anilines is 1. The van der Waals surface area contributed by atoms with Gasteiger partial charge in [0.2, 0.25) is 0 Å². The van der Waals surface area contributed by atoms with Gasteiger partial charge in [-0.1, -0.05) is 17.4 Å². The van der Waals surface area contributed by atoms with Gasteiger partial charge in [-0.15, -0.1) is 0 Å². The van der Waals surface area contributed by atoms with Gasteiger partial charge in [0, 0.05) is 32.2 Å². The molecule has 2 heterocycles. The number of piperazine rings is 1. The number of amides is 1. The Morgan fingerprint density at radius 2 is 1.79 bits per heavy atom. The van der Waals surface area contributed by atoms with Crippen LogP contribution in [0, 0.1) is 13.8 Å². The molecule has 0 aliphatic carbocycles. The number of aryl methyl sites for hydroxylation is 2. The molecular weight excluding hydrogens is 386 g/mol. The molecule has 29 heavy (non-hydrogen) atoms. The number of methoxy groups -OCH3 is 2. The van der Waals surface area contributed by atoms with Crippen LogP contribution in [0.2, 0.25) is 0 Å². The Morgan fingerprint density at radius 1 is 1.03 bits per heavy atom. The number of rotatable bonds is 4.